The predicted molar refractivity (Wildman–Crippen MR) is 90.6 cm³/mol. The summed E-state index contributed by atoms with van der Waals surface area (Å²) >= 11 is 1.50. The van der Waals surface area contributed by atoms with Gasteiger partial charge in [-0.1, -0.05) is 12.1 Å². The van der Waals surface area contributed by atoms with E-state index in [1.807, 2.05) is 55.6 Å². The smallest absolute Gasteiger partial charge is 0.346 e. The predicted octanol–water partition coefficient (Wildman–Crippen LogP) is 4.11. The maximum absolute atomic E-state index is 12.3. The van der Waals surface area contributed by atoms with Crippen LogP contribution in [0.15, 0.2) is 57.7 Å². The van der Waals surface area contributed by atoms with Gasteiger partial charge in [-0.05, 0) is 30.3 Å². The Hall–Kier alpha value is -2.66. The van der Waals surface area contributed by atoms with E-state index in [0.29, 0.717) is 16.2 Å². The summed E-state index contributed by atoms with van der Waals surface area (Å²) in [4.78, 5) is 16.8. The summed E-state index contributed by atoms with van der Waals surface area (Å²) in [7, 11) is 1.83. The molecule has 4 nitrogen and oxygen atoms in total. The molecule has 0 fully saturated rings. The van der Waals surface area contributed by atoms with Crippen LogP contribution >= 0.6 is 11.3 Å². The van der Waals surface area contributed by atoms with Crippen molar-refractivity contribution in [1.29, 1.82) is 0 Å². The highest BCUT2D eigenvalue weighted by Crippen LogP contribution is 2.30. The topological polar surface area (TPSA) is 55.1 Å². The van der Waals surface area contributed by atoms with Crippen LogP contribution in [0.1, 0.15) is 0 Å². The first-order chi connectivity index (χ1) is 10.7. The van der Waals surface area contributed by atoms with E-state index in [0.717, 1.165) is 21.3 Å². The van der Waals surface area contributed by atoms with Crippen molar-refractivity contribution < 1.29 is 4.42 Å². The summed E-state index contributed by atoms with van der Waals surface area (Å²) < 4.78 is 6.51. The summed E-state index contributed by atoms with van der Waals surface area (Å²) in [6.45, 7) is 0. The number of benzene rings is 2. The Morgan fingerprint density at radius 1 is 1.14 bits per heavy atom. The molecular formula is C17H12N2O2S. The van der Waals surface area contributed by atoms with Gasteiger partial charge in [0.2, 0.25) is 0 Å². The number of hydrogen-bond donors (Lipinski definition) is 1. The van der Waals surface area contributed by atoms with E-state index in [2.05, 4.69) is 10.3 Å². The second kappa shape index (κ2) is 4.96. The number of nitrogens with zero attached hydrogens (tertiary/aromatic N) is 1. The van der Waals surface area contributed by atoms with Crippen LogP contribution in [-0.2, 0) is 0 Å². The molecule has 2 aromatic carbocycles. The van der Waals surface area contributed by atoms with Gasteiger partial charge in [0.1, 0.15) is 10.6 Å². The van der Waals surface area contributed by atoms with Crippen molar-refractivity contribution in [3.8, 4) is 10.6 Å². The van der Waals surface area contributed by atoms with E-state index in [9.17, 15) is 4.79 Å². The fourth-order valence-electron chi connectivity index (χ4n) is 2.40. The summed E-state index contributed by atoms with van der Waals surface area (Å²) in [5, 5.41) is 4.60. The molecule has 4 aromatic rings. The zero-order valence-corrected chi connectivity index (χ0v) is 12.6. The van der Waals surface area contributed by atoms with Gasteiger partial charge in [0, 0.05) is 24.2 Å². The Kier molecular flexibility index (Phi) is 2.94. The normalized spacial score (nSPS) is 11.1. The molecule has 0 saturated carbocycles. The lowest BCUT2D eigenvalue weighted by Gasteiger charge is -2.02. The molecule has 0 unspecified atom stereocenters. The molecule has 2 heterocycles. The van der Waals surface area contributed by atoms with Gasteiger partial charge in [-0.15, -0.1) is 11.3 Å². The summed E-state index contributed by atoms with van der Waals surface area (Å²) in [5.41, 5.74) is 2.52. The van der Waals surface area contributed by atoms with E-state index in [4.69, 9.17) is 4.42 Å². The van der Waals surface area contributed by atoms with E-state index in [1.165, 1.54) is 11.3 Å². The number of nitrogens with one attached hydrogen (secondary N) is 1. The van der Waals surface area contributed by atoms with Gasteiger partial charge in [-0.25, -0.2) is 9.78 Å². The lowest BCUT2D eigenvalue weighted by atomic mass is 10.2. The molecular weight excluding hydrogens is 296 g/mol. The van der Waals surface area contributed by atoms with Crippen molar-refractivity contribution in [2.75, 3.05) is 12.4 Å². The van der Waals surface area contributed by atoms with Crippen molar-refractivity contribution in [3.05, 3.63) is 59.0 Å². The average Bonchev–Trinajstić information content (AvgIpc) is 2.97. The van der Waals surface area contributed by atoms with Gasteiger partial charge >= 0.3 is 5.63 Å². The number of hydrogen-bond acceptors (Lipinski definition) is 5. The van der Waals surface area contributed by atoms with Crippen LogP contribution in [0.2, 0.25) is 0 Å². The Labute approximate surface area is 130 Å². The number of anilines is 1. The Morgan fingerprint density at radius 3 is 2.82 bits per heavy atom. The first-order valence-electron chi connectivity index (χ1n) is 6.86. The molecule has 0 aliphatic heterocycles. The van der Waals surface area contributed by atoms with Gasteiger partial charge in [-0.3, -0.25) is 0 Å². The fraction of sp³-hybridized carbons (Fsp3) is 0.0588. The highest BCUT2D eigenvalue weighted by atomic mass is 32.1. The first kappa shape index (κ1) is 13.0. The molecule has 0 radical (unpaired) electrons. The minimum absolute atomic E-state index is 0.361. The van der Waals surface area contributed by atoms with Crippen LogP contribution in [0, 0.1) is 0 Å². The van der Waals surface area contributed by atoms with E-state index in [1.54, 1.807) is 0 Å². The highest BCUT2D eigenvalue weighted by Gasteiger charge is 2.12. The van der Waals surface area contributed by atoms with Crippen molar-refractivity contribution in [2.24, 2.45) is 0 Å². The van der Waals surface area contributed by atoms with Crippen molar-refractivity contribution in [3.63, 3.8) is 0 Å². The van der Waals surface area contributed by atoms with Crippen LogP contribution in [0.4, 0.5) is 5.69 Å². The van der Waals surface area contributed by atoms with Gasteiger partial charge in [0.25, 0.3) is 0 Å². The molecule has 108 valence electrons. The largest absolute Gasteiger partial charge is 0.422 e. The minimum atomic E-state index is -0.361. The lowest BCUT2D eigenvalue weighted by molar-refractivity contribution is 0.563. The van der Waals surface area contributed by atoms with Crippen molar-refractivity contribution >= 4 is 38.2 Å². The molecule has 2 aromatic heterocycles. The molecule has 0 aliphatic rings. The van der Waals surface area contributed by atoms with Crippen LogP contribution in [0.3, 0.4) is 0 Å². The quantitative estimate of drug-likeness (QED) is 0.566. The van der Waals surface area contributed by atoms with Crippen LogP contribution in [0.25, 0.3) is 31.8 Å². The van der Waals surface area contributed by atoms with Gasteiger partial charge in [0.15, 0.2) is 0 Å². The number of rotatable bonds is 2. The number of aromatic nitrogens is 1. The second-order valence-electron chi connectivity index (χ2n) is 4.94. The molecule has 1 N–H and O–H groups in total. The van der Waals surface area contributed by atoms with E-state index < -0.39 is 0 Å². The summed E-state index contributed by atoms with van der Waals surface area (Å²) in [6, 6.07) is 15.4. The highest BCUT2D eigenvalue weighted by molar-refractivity contribution is 7.21. The molecule has 22 heavy (non-hydrogen) atoms. The average molecular weight is 308 g/mol. The Balaban J connectivity index is 1.94. The molecule has 0 atom stereocenters. The third-order valence-corrected chi connectivity index (χ3v) is 4.62. The monoisotopic (exact) mass is 308 g/mol. The van der Waals surface area contributed by atoms with Crippen LogP contribution in [0.5, 0.6) is 0 Å². The SMILES string of the molecule is CNc1ccc2cc(-c3nc4ccccc4s3)c(=O)oc2c1. The molecule has 0 saturated heterocycles. The lowest BCUT2D eigenvalue weighted by Crippen LogP contribution is -2.02. The first-order valence-corrected chi connectivity index (χ1v) is 7.68. The maximum Gasteiger partial charge on any atom is 0.346 e. The van der Waals surface area contributed by atoms with E-state index in [-0.39, 0.29) is 5.63 Å². The van der Waals surface area contributed by atoms with Gasteiger partial charge in [-0.2, -0.15) is 0 Å². The van der Waals surface area contributed by atoms with E-state index >= 15 is 0 Å². The van der Waals surface area contributed by atoms with Gasteiger partial charge in [0.05, 0.1) is 15.8 Å². The van der Waals surface area contributed by atoms with Crippen LogP contribution in [-0.4, -0.2) is 12.0 Å². The maximum atomic E-state index is 12.3. The Morgan fingerprint density at radius 2 is 2.00 bits per heavy atom. The third kappa shape index (κ3) is 2.07. The Bertz CT molecular complexity index is 1020. The summed E-state index contributed by atoms with van der Waals surface area (Å²) in [6.07, 6.45) is 0. The number of thiazole rings is 1. The fourth-order valence-corrected chi connectivity index (χ4v) is 3.37. The molecule has 0 amide bonds. The van der Waals surface area contributed by atoms with Crippen LogP contribution < -0.4 is 10.9 Å². The van der Waals surface area contributed by atoms with Crippen molar-refractivity contribution in [2.45, 2.75) is 0 Å². The molecule has 4 rings (SSSR count). The summed E-state index contributed by atoms with van der Waals surface area (Å²) in [5.74, 6) is 0. The zero-order chi connectivity index (χ0) is 15.1. The standard InChI is InChI=1S/C17H12N2O2S/c1-18-11-7-6-10-8-12(17(20)21-14(10)9-11)16-19-13-4-2-3-5-15(13)22-16/h2-9,18H,1H3. The number of fused-ring (bicyclic) bond motifs is 2. The minimum Gasteiger partial charge on any atom is -0.422 e. The second-order valence-corrected chi connectivity index (χ2v) is 5.97. The molecule has 0 bridgehead atoms. The molecule has 5 heteroatoms. The third-order valence-electron chi connectivity index (χ3n) is 3.55. The van der Waals surface area contributed by atoms with Crippen molar-refractivity contribution in [1.82, 2.24) is 4.98 Å². The zero-order valence-electron chi connectivity index (χ0n) is 11.8. The molecule has 0 spiro atoms. The number of para-hydroxylation sites is 1. The molecule has 0 aliphatic carbocycles. The van der Waals surface area contributed by atoms with Gasteiger partial charge < -0.3 is 9.73 Å².